The minimum Gasteiger partial charge on any atom is -0.494 e. The molecule has 0 atom stereocenters. The zero-order valence-corrected chi connectivity index (χ0v) is 19.7. The van der Waals surface area contributed by atoms with Gasteiger partial charge in [0.1, 0.15) is 5.75 Å². The van der Waals surface area contributed by atoms with Gasteiger partial charge in [0.25, 0.3) is 10.0 Å². The van der Waals surface area contributed by atoms with E-state index in [2.05, 4.69) is 15.5 Å². The van der Waals surface area contributed by atoms with E-state index in [0.29, 0.717) is 35.6 Å². The molecule has 0 aliphatic carbocycles. The van der Waals surface area contributed by atoms with Crippen LogP contribution < -0.4 is 9.46 Å². The molecule has 0 aromatic heterocycles. The second-order valence-electron chi connectivity index (χ2n) is 7.55. The van der Waals surface area contributed by atoms with Gasteiger partial charge in [-0.05, 0) is 61.2 Å². The van der Waals surface area contributed by atoms with Crippen LogP contribution in [-0.2, 0) is 19.6 Å². The van der Waals surface area contributed by atoms with Gasteiger partial charge < -0.3 is 9.47 Å². The van der Waals surface area contributed by atoms with Gasteiger partial charge in [-0.15, -0.1) is 0 Å². The molecule has 0 radical (unpaired) electrons. The summed E-state index contributed by atoms with van der Waals surface area (Å²) in [6.07, 6.45) is 2.66. The molecule has 0 unspecified atom stereocenters. The number of unbranched alkanes of at least 4 members (excludes halogenated alkanes) is 2. The Kier molecular flexibility index (Phi) is 8.66. The number of methoxy groups -OCH3 is 1. The van der Waals surface area contributed by atoms with E-state index in [1.807, 2.05) is 0 Å². The summed E-state index contributed by atoms with van der Waals surface area (Å²) in [4.78, 5) is 11.3. The van der Waals surface area contributed by atoms with E-state index < -0.39 is 10.0 Å². The Morgan fingerprint density at radius 3 is 2.38 bits per heavy atom. The predicted molar refractivity (Wildman–Crippen MR) is 130 cm³/mol. The largest absolute Gasteiger partial charge is 0.494 e. The smallest absolute Gasteiger partial charge is 0.305 e. The van der Waals surface area contributed by atoms with Crippen LogP contribution in [0.4, 0.5) is 5.69 Å². The maximum atomic E-state index is 13.0. The molecule has 1 N–H and O–H groups in total. The summed E-state index contributed by atoms with van der Waals surface area (Å²) in [5.74, 6) is 0.297. The van der Waals surface area contributed by atoms with Gasteiger partial charge >= 0.3 is 5.97 Å². The van der Waals surface area contributed by atoms with Crippen molar-refractivity contribution in [3.05, 3.63) is 78.4 Å². The molecule has 7 nitrogen and oxygen atoms in total. The lowest BCUT2D eigenvalue weighted by Gasteiger charge is -2.15. The number of carbonyl (C=O) groups excluding carboxylic acids is 1. The van der Waals surface area contributed by atoms with Crippen molar-refractivity contribution in [2.45, 2.75) is 30.6 Å². The zero-order chi connectivity index (χ0) is 24.4. The number of benzene rings is 3. The Morgan fingerprint density at radius 1 is 0.971 bits per heavy atom. The van der Waals surface area contributed by atoms with Crippen LogP contribution in [0.15, 0.2) is 77.7 Å². The number of carbonyl (C=O) groups is 1. The fourth-order valence-corrected chi connectivity index (χ4v) is 4.41. The minimum atomic E-state index is -3.82. The molecule has 0 amide bonds. The van der Waals surface area contributed by atoms with Gasteiger partial charge in [-0.1, -0.05) is 30.3 Å². The first-order chi connectivity index (χ1) is 16.4. The summed E-state index contributed by atoms with van der Waals surface area (Å²) in [6, 6.07) is 22.3. The number of nitriles is 1. The van der Waals surface area contributed by atoms with Crippen molar-refractivity contribution in [1.29, 1.82) is 5.26 Å². The molecule has 34 heavy (non-hydrogen) atoms. The molecule has 0 spiro atoms. The molecule has 3 aromatic rings. The van der Waals surface area contributed by atoms with Gasteiger partial charge in [-0.3, -0.25) is 9.52 Å². The van der Waals surface area contributed by atoms with Crippen LogP contribution in [0.2, 0.25) is 0 Å². The fraction of sp³-hybridized carbons (Fsp3) is 0.231. The van der Waals surface area contributed by atoms with Crippen molar-refractivity contribution in [3.8, 4) is 22.9 Å². The van der Waals surface area contributed by atoms with E-state index in [9.17, 15) is 13.2 Å². The third-order valence-corrected chi connectivity index (χ3v) is 6.52. The van der Waals surface area contributed by atoms with Crippen molar-refractivity contribution < 1.29 is 22.7 Å². The molecular weight excluding hydrogens is 452 g/mol. The molecule has 0 aliphatic heterocycles. The van der Waals surface area contributed by atoms with Crippen molar-refractivity contribution in [3.63, 3.8) is 0 Å². The summed E-state index contributed by atoms with van der Waals surface area (Å²) in [7, 11) is -2.45. The number of hydrogen-bond acceptors (Lipinski definition) is 6. The zero-order valence-electron chi connectivity index (χ0n) is 18.9. The minimum absolute atomic E-state index is 0.151. The first-order valence-electron chi connectivity index (χ1n) is 10.8. The van der Waals surface area contributed by atoms with Crippen LogP contribution in [0.3, 0.4) is 0 Å². The Hall–Kier alpha value is -3.83. The van der Waals surface area contributed by atoms with Gasteiger partial charge in [-0.2, -0.15) is 5.26 Å². The number of nitrogens with one attached hydrogen (secondary N) is 1. The van der Waals surface area contributed by atoms with Crippen LogP contribution >= 0.6 is 0 Å². The average Bonchev–Trinajstić information content (AvgIpc) is 2.86. The van der Waals surface area contributed by atoms with Crippen molar-refractivity contribution >= 4 is 21.7 Å². The molecule has 3 rings (SSSR count). The number of anilines is 1. The second kappa shape index (κ2) is 11.9. The highest BCUT2D eigenvalue weighted by Crippen LogP contribution is 2.33. The Balaban J connectivity index is 1.79. The van der Waals surface area contributed by atoms with Crippen LogP contribution in [0.5, 0.6) is 5.75 Å². The molecule has 0 aliphatic rings. The third kappa shape index (κ3) is 6.83. The Bertz CT molecular complexity index is 1250. The fourth-order valence-electron chi connectivity index (χ4n) is 3.32. The highest BCUT2D eigenvalue weighted by Gasteiger charge is 2.17. The summed E-state index contributed by atoms with van der Waals surface area (Å²) < 4.78 is 39.1. The van der Waals surface area contributed by atoms with Gasteiger partial charge in [0.05, 0.1) is 35.9 Å². The van der Waals surface area contributed by atoms with Crippen LogP contribution in [-0.4, -0.2) is 28.1 Å². The number of hydrogen-bond donors (Lipinski definition) is 1. The first-order valence-corrected chi connectivity index (χ1v) is 12.3. The Labute approximate surface area is 200 Å². The molecule has 0 saturated heterocycles. The molecule has 176 valence electrons. The molecule has 8 heteroatoms. The van der Waals surface area contributed by atoms with Crippen LogP contribution in [0.1, 0.15) is 31.2 Å². The summed E-state index contributed by atoms with van der Waals surface area (Å²) in [5.41, 5.74) is 2.31. The van der Waals surface area contributed by atoms with Crippen molar-refractivity contribution in [2.75, 3.05) is 18.4 Å². The predicted octanol–water partition coefficient (Wildman–Crippen LogP) is 5.14. The van der Waals surface area contributed by atoms with Crippen molar-refractivity contribution in [2.24, 2.45) is 0 Å². The van der Waals surface area contributed by atoms with E-state index in [-0.39, 0.29) is 10.9 Å². The lowest BCUT2D eigenvalue weighted by Crippen LogP contribution is -2.13. The summed E-state index contributed by atoms with van der Waals surface area (Å²) >= 11 is 0. The number of nitrogens with zero attached hydrogens (tertiary/aromatic N) is 1. The van der Waals surface area contributed by atoms with E-state index in [1.54, 1.807) is 60.7 Å². The first kappa shape index (κ1) is 24.8. The Morgan fingerprint density at radius 2 is 1.71 bits per heavy atom. The maximum Gasteiger partial charge on any atom is 0.305 e. The van der Waals surface area contributed by atoms with E-state index in [0.717, 1.165) is 24.8 Å². The van der Waals surface area contributed by atoms with Crippen molar-refractivity contribution in [1.82, 2.24) is 0 Å². The van der Waals surface area contributed by atoms with E-state index in [1.165, 1.54) is 19.2 Å². The highest BCUT2D eigenvalue weighted by atomic mass is 32.2. The molecule has 3 aromatic carbocycles. The van der Waals surface area contributed by atoms with Gasteiger partial charge in [0, 0.05) is 18.1 Å². The highest BCUT2D eigenvalue weighted by molar-refractivity contribution is 7.92. The summed E-state index contributed by atoms with van der Waals surface area (Å²) in [5, 5.41) is 9.06. The van der Waals surface area contributed by atoms with Crippen LogP contribution in [0, 0.1) is 11.3 Å². The van der Waals surface area contributed by atoms with Gasteiger partial charge in [0.2, 0.25) is 0 Å². The number of rotatable bonds is 11. The maximum absolute atomic E-state index is 13.0. The molecule has 0 bridgehead atoms. The van der Waals surface area contributed by atoms with E-state index in [4.69, 9.17) is 10.00 Å². The van der Waals surface area contributed by atoms with Gasteiger partial charge in [0.15, 0.2) is 0 Å². The monoisotopic (exact) mass is 478 g/mol. The molecule has 0 fully saturated rings. The topological polar surface area (TPSA) is 105 Å². The lowest BCUT2D eigenvalue weighted by molar-refractivity contribution is -0.140. The number of sulfonamides is 1. The van der Waals surface area contributed by atoms with Gasteiger partial charge in [-0.25, -0.2) is 8.42 Å². The molecule has 0 saturated carbocycles. The molecule has 0 heterocycles. The lowest BCUT2D eigenvalue weighted by atomic mass is 10.0. The quantitative estimate of drug-likeness (QED) is 0.302. The van der Waals surface area contributed by atoms with E-state index >= 15 is 0 Å². The number of ether oxygens (including phenoxy) is 2. The third-order valence-electron chi connectivity index (χ3n) is 5.14. The SMILES string of the molecule is COC(=O)CCCCCOc1ccc(-c2ccc(C#N)cc2)c(NS(=O)(=O)c2ccccc2)c1. The second-order valence-corrected chi connectivity index (χ2v) is 9.23. The number of esters is 1. The molecular formula is C26H26N2O5S. The van der Waals surface area contributed by atoms with Crippen LogP contribution in [0.25, 0.3) is 11.1 Å². The summed E-state index contributed by atoms with van der Waals surface area (Å²) in [6.45, 7) is 0.433. The normalized spacial score (nSPS) is 10.8. The standard InChI is InChI=1S/C26H26N2O5S/c1-32-26(29)10-6-3-7-17-33-22-15-16-24(21-13-11-20(19-27)12-14-21)25(18-22)28-34(30,31)23-8-4-2-5-9-23/h2,4-5,8-9,11-16,18,28H,3,6-7,10,17H2,1H3. The average molecular weight is 479 g/mol.